The van der Waals surface area contributed by atoms with Gasteiger partial charge in [-0.2, -0.15) is 0 Å². The predicted molar refractivity (Wildman–Crippen MR) is 57.7 cm³/mol. The van der Waals surface area contributed by atoms with E-state index in [1.807, 2.05) is 0 Å². The van der Waals surface area contributed by atoms with Crippen LogP contribution in [0.25, 0.3) is 0 Å². The molecule has 2 N–H and O–H groups in total. The summed E-state index contributed by atoms with van der Waals surface area (Å²) in [5.41, 5.74) is 6.84. The molecule has 0 saturated carbocycles. The van der Waals surface area contributed by atoms with E-state index in [1.54, 1.807) is 0 Å². The van der Waals surface area contributed by atoms with Crippen LogP contribution in [0.1, 0.15) is 33.1 Å². The lowest BCUT2D eigenvalue weighted by Crippen LogP contribution is -2.45. The Hall–Kier alpha value is -0.340. The lowest BCUT2D eigenvalue weighted by Gasteiger charge is -2.39. The van der Waals surface area contributed by atoms with Gasteiger partial charge >= 0.3 is 0 Å². The Morgan fingerprint density at radius 1 is 1.54 bits per heavy atom. The number of nitrogens with zero attached hydrogens (tertiary/aromatic N) is 1. The molecule has 0 aromatic carbocycles. The van der Waals surface area contributed by atoms with Gasteiger partial charge in [0.25, 0.3) is 0 Å². The van der Waals surface area contributed by atoms with Crippen molar-refractivity contribution in [3.63, 3.8) is 0 Å². The van der Waals surface area contributed by atoms with Crippen molar-refractivity contribution in [3.05, 3.63) is 12.2 Å². The van der Waals surface area contributed by atoms with Crippen LogP contribution in [0, 0.1) is 0 Å². The highest BCUT2D eigenvalue weighted by molar-refractivity contribution is 5.09. The maximum absolute atomic E-state index is 5.64. The minimum Gasteiger partial charge on any atom is -0.327 e. The maximum Gasteiger partial charge on any atom is 0.0320 e. The van der Waals surface area contributed by atoms with Crippen molar-refractivity contribution in [2.45, 2.75) is 45.2 Å². The summed E-state index contributed by atoms with van der Waals surface area (Å²) in [6.45, 7) is 10.4. The highest BCUT2D eigenvalue weighted by Gasteiger charge is 2.25. The molecule has 0 bridgehead atoms. The van der Waals surface area contributed by atoms with Crippen LogP contribution in [0.4, 0.5) is 0 Å². The molecule has 1 aliphatic rings. The molecule has 13 heavy (non-hydrogen) atoms. The summed E-state index contributed by atoms with van der Waals surface area (Å²) >= 11 is 0. The van der Waals surface area contributed by atoms with E-state index >= 15 is 0 Å². The lowest BCUT2D eigenvalue weighted by atomic mass is 9.95. The molecule has 76 valence electrons. The summed E-state index contributed by atoms with van der Waals surface area (Å²) in [5, 5.41) is 0. The third-order valence-electron chi connectivity index (χ3n) is 2.94. The Labute approximate surface area is 81.8 Å². The van der Waals surface area contributed by atoms with Crippen LogP contribution in [0.5, 0.6) is 0 Å². The van der Waals surface area contributed by atoms with Crippen molar-refractivity contribution >= 4 is 0 Å². The maximum atomic E-state index is 5.64. The number of hydrogen-bond donors (Lipinski definition) is 1. The van der Waals surface area contributed by atoms with Crippen LogP contribution in [-0.2, 0) is 0 Å². The molecule has 0 aromatic heterocycles. The third-order valence-corrected chi connectivity index (χ3v) is 2.94. The van der Waals surface area contributed by atoms with Crippen molar-refractivity contribution in [1.82, 2.24) is 4.90 Å². The zero-order chi connectivity index (χ0) is 9.84. The van der Waals surface area contributed by atoms with Gasteiger partial charge in [-0.1, -0.05) is 13.0 Å². The summed E-state index contributed by atoms with van der Waals surface area (Å²) in [6, 6.07) is 1.16. The van der Waals surface area contributed by atoms with Gasteiger partial charge in [0.15, 0.2) is 0 Å². The molecule has 0 aliphatic carbocycles. The Balaban J connectivity index is 2.61. The van der Waals surface area contributed by atoms with Gasteiger partial charge in [-0.15, -0.1) is 0 Å². The third kappa shape index (κ3) is 2.55. The molecule has 1 atom stereocenters. The highest BCUT2D eigenvalue weighted by Crippen LogP contribution is 2.23. The first kappa shape index (κ1) is 10.7. The molecule has 0 spiro atoms. The molecular formula is C11H22N2. The minimum atomic E-state index is 0.541. The Kier molecular flexibility index (Phi) is 3.94. The van der Waals surface area contributed by atoms with Crippen LogP contribution in [-0.4, -0.2) is 30.1 Å². The molecule has 1 unspecified atom stereocenters. The quantitative estimate of drug-likeness (QED) is 0.674. The average molecular weight is 182 g/mol. The largest absolute Gasteiger partial charge is 0.327 e. The molecule has 0 aromatic rings. The molecule has 0 radical (unpaired) electrons. The van der Waals surface area contributed by atoms with Gasteiger partial charge in [0.2, 0.25) is 0 Å². The Bertz CT molecular complexity index is 175. The van der Waals surface area contributed by atoms with E-state index in [-0.39, 0.29) is 0 Å². The summed E-state index contributed by atoms with van der Waals surface area (Å²) in [5.74, 6) is 0. The Morgan fingerprint density at radius 3 is 2.77 bits per heavy atom. The fraction of sp³-hybridized carbons (Fsp3) is 0.818. The fourth-order valence-electron chi connectivity index (χ4n) is 2.15. The summed E-state index contributed by atoms with van der Waals surface area (Å²) < 4.78 is 0. The zero-order valence-electron chi connectivity index (χ0n) is 8.92. The van der Waals surface area contributed by atoms with Gasteiger partial charge in [0, 0.05) is 18.6 Å². The van der Waals surface area contributed by atoms with Crippen LogP contribution in [0.15, 0.2) is 12.2 Å². The molecule has 2 nitrogen and oxygen atoms in total. The fourth-order valence-corrected chi connectivity index (χ4v) is 2.15. The van der Waals surface area contributed by atoms with Crippen LogP contribution < -0.4 is 5.73 Å². The van der Waals surface area contributed by atoms with Crippen molar-refractivity contribution in [3.8, 4) is 0 Å². The van der Waals surface area contributed by atoms with E-state index in [0.29, 0.717) is 18.6 Å². The number of piperidine rings is 1. The number of rotatable bonds is 3. The van der Waals surface area contributed by atoms with E-state index in [2.05, 4.69) is 25.3 Å². The van der Waals surface area contributed by atoms with E-state index in [4.69, 9.17) is 5.73 Å². The van der Waals surface area contributed by atoms with E-state index in [1.165, 1.54) is 31.4 Å². The normalized spacial score (nSPS) is 25.1. The van der Waals surface area contributed by atoms with Gasteiger partial charge in [0.05, 0.1) is 0 Å². The second-order valence-corrected chi connectivity index (χ2v) is 4.21. The number of hydrogen-bond acceptors (Lipinski definition) is 2. The summed E-state index contributed by atoms with van der Waals surface area (Å²) in [4.78, 5) is 2.53. The van der Waals surface area contributed by atoms with E-state index in [0.717, 1.165) is 0 Å². The second-order valence-electron chi connectivity index (χ2n) is 4.21. The van der Waals surface area contributed by atoms with Crippen LogP contribution >= 0.6 is 0 Å². The molecule has 1 fully saturated rings. The molecular weight excluding hydrogens is 160 g/mol. The summed E-state index contributed by atoms with van der Waals surface area (Å²) in [6.07, 6.45) is 3.90. The lowest BCUT2D eigenvalue weighted by molar-refractivity contribution is 0.133. The van der Waals surface area contributed by atoms with E-state index < -0.39 is 0 Å². The zero-order valence-corrected chi connectivity index (χ0v) is 8.92. The molecule has 1 heterocycles. The van der Waals surface area contributed by atoms with E-state index in [9.17, 15) is 0 Å². The van der Waals surface area contributed by atoms with Gasteiger partial charge in [-0.3, -0.25) is 4.90 Å². The SMILES string of the molecule is C=C(CN)C1CCCCN1C(C)C. The molecule has 1 aliphatic heterocycles. The average Bonchev–Trinajstić information content (AvgIpc) is 2.16. The van der Waals surface area contributed by atoms with Gasteiger partial charge in [-0.05, 0) is 38.8 Å². The van der Waals surface area contributed by atoms with Crippen molar-refractivity contribution < 1.29 is 0 Å². The first-order valence-corrected chi connectivity index (χ1v) is 5.30. The van der Waals surface area contributed by atoms with Crippen molar-refractivity contribution in [1.29, 1.82) is 0 Å². The number of nitrogens with two attached hydrogens (primary N) is 1. The monoisotopic (exact) mass is 182 g/mol. The number of likely N-dealkylation sites (tertiary alicyclic amines) is 1. The molecule has 2 heteroatoms. The van der Waals surface area contributed by atoms with Gasteiger partial charge in [-0.25, -0.2) is 0 Å². The summed E-state index contributed by atoms with van der Waals surface area (Å²) in [7, 11) is 0. The highest BCUT2D eigenvalue weighted by atomic mass is 15.2. The standard InChI is InChI=1S/C11H22N2/c1-9(2)13-7-5-4-6-11(13)10(3)8-12/h9,11H,3-8,12H2,1-2H3. The first-order chi connectivity index (χ1) is 6.16. The van der Waals surface area contributed by atoms with Crippen molar-refractivity contribution in [2.75, 3.05) is 13.1 Å². The molecule has 1 rings (SSSR count). The van der Waals surface area contributed by atoms with Gasteiger partial charge < -0.3 is 5.73 Å². The predicted octanol–water partition coefficient (Wildman–Crippen LogP) is 1.76. The smallest absolute Gasteiger partial charge is 0.0320 e. The second kappa shape index (κ2) is 4.77. The molecule has 0 amide bonds. The first-order valence-electron chi connectivity index (χ1n) is 5.30. The topological polar surface area (TPSA) is 29.3 Å². The van der Waals surface area contributed by atoms with Crippen LogP contribution in [0.3, 0.4) is 0 Å². The van der Waals surface area contributed by atoms with Crippen LogP contribution in [0.2, 0.25) is 0 Å². The van der Waals surface area contributed by atoms with Gasteiger partial charge in [0.1, 0.15) is 0 Å². The molecule has 1 saturated heterocycles. The van der Waals surface area contributed by atoms with Crippen molar-refractivity contribution in [2.24, 2.45) is 5.73 Å². The Morgan fingerprint density at radius 2 is 2.23 bits per heavy atom. The minimum absolute atomic E-state index is 0.541.